The van der Waals surface area contributed by atoms with Crippen molar-refractivity contribution in [2.45, 2.75) is 27.2 Å². The van der Waals surface area contributed by atoms with Crippen molar-refractivity contribution in [1.29, 1.82) is 0 Å². The van der Waals surface area contributed by atoms with Crippen LogP contribution in [0.1, 0.15) is 34.8 Å². The van der Waals surface area contributed by atoms with E-state index in [0.717, 1.165) is 5.56 Å². The van der Waals surface area contributed by atoms with Gasteiger partial charge in [-0.2, -0.15) is 5.10 Å². The summed E-state index contributed by atoms with van der Waals surface area (Å²) in [5.74, 6) is -0.915. The molecule has 0 radical (unpaired) electrons. The fraction of sp³-hybridized carbons (Fsp3) is 0.211. The maximum Gasteiger partial charge on any atom is 0.275 e. The van der Waals surface area contributed by atoms with Crippen LogP contribution in [0.2, 0.25) is 5.02 Å². The normalized spacial score (nSPS) is 11.2. The van der Waals surface area contributed by atoms with Crippen LogP contribution in [0.5, 0.6) is 5.75 Å². The van der Waals surface area contributed by atoms with E-state index in [-0.39, 0.29) is 23.6 Å². The first-order valence-electron chi connectivity index (χ1n) is 7.96. The first kappa shape index (κ1) is 19.5. The molecule has 6 nitrogen and oxygen atoms in total. The Bertz CT molecular complexity index is 878. The van der Waals surface area contributed by atoms with Crippen LogP contribution >= 0.6 is 11.6 Å². The molecule has 136 valence electrons. The highest BCUT2D eigenvalue weighted by molar-refractivity contribution is 6.31. The molecule has 0 aliphatic rings. The standard InChI is InChI=1S/C19H20ClN3O3/c1-11-7-8-14(10-16(11)20)21-17(24)9-13(3)22-23-19(26)15-6-4-5-12(2)18(15)25/h4-8,10,25H,9H2,1-3H3,(H,21,24)(H,23,26)/b22-13-. The summed E-state index contributed by atoms with van der Waals surface area (Å²) >= 11 is 6.03. The number of carbonyl (C=O) groups excluding carboxylic acids is 2. The molecule has 0 fully saturated rings. The van der Waals surface area contributed by atoms with Gasteiger partial charge >= 0.3 is 0 Å². The third-order valence-corrected chi connectivity index (χ3v) is 4.11. The number of hydrogen-bond donors (Lipinski definition) is 3. The van der Waals surface area contributed by atoms with Gasteiger partial charge in [-0.05, 0) is 50.1 Å². The first-order valence-corrected chi connectivity index (χ1v) is 8.34. The minimum Gasteiger partial charge on any atom is -0.507 e. The summed E-state index contributed by atoms with van der Waals surface area (Å²) in [7, 11) is 0. The molecule has 2 rings (SSSR count). The minimum absolute atomic E-state index is 0.00553. The Labute approximate surface area is 156 Å². The minimum atomic E-state index is -0.545. The molecule has 2 aromatic carbocycles. The lowest BCUT2D eigenvalue weighted by Crippen LogP contribution is -2.21. The number of hydrazone groups is 1. The molecule has 0 heterocycles. The van der Waals surface area contributed by atoms with Crippen LogP contribution in [-0.4, -0.2) is 22.6 Å². The van der Waals surface area contributed by atoms with Gasteiger partial charge in [0.1, 0.15) is 5.75 Å². The van der Waals surface area contributed by atoms with E-state index in [1.165, 1.54) is 6.07 Å². The van der Waals surface area contributed by atoms with Gasteiger partial charge in [-0.3, -0.25) is 9.59 Å². The number of aromatic hydroxyl groups is 1. The first-order chi connectivity index (χ1) is 12.3. The smallest absolute Gasteiger partial charge is 0.275 e. The van der Waals surface area contributed by atoms with Crippen molar-refractivity contribution >= 4 is 34.8 Å². The van der Waals surface area contributed by atoms with Crippen LogP contribution in [0.3, 0.4) is 0 Å². The molecule has 0 aliphatic carbocycles. The molecule has 7 heteroatoms. The molecule has 0 saturated carbocycles. The second kappa shape index (κ2) is 8.49. The summed E-state index contributed by atoms with van der Waals surface area (Å²) in [6.07, 6.45) is 0.00553. The van der Waals surface area contributed by atoms with Gasteiger partial charge in [0.15, 0.2) is 0 Å². The van der Waals surface area contributed by atoms with Gasteiger partial charge in [-0.25, -0.2) is 5.43 Å². The predicted octanol–water partition coefficient (Wildman–Crippen LogP) is 3.80. The molecule has 0 saturated heterocycles. The second-order valence-corrected chi connectivity index (χ2v) is 6.36. The number of rotatable bonds is 5. The highest BCUT2D eigenvalue weighted by Crippen LogP contribution is 2.21. The van der Waals surface area contributed by atoms with Crippen molar-refractivity contribution in [3.63, 3.8) is 0 Å². The van der Waals surface area contributed by atoms with E-state index in [4.69, 9.17) is 11.6 Å². The zero-order chi connectivity index (χ0) is 19.3. The van der Waals surface area contributed by atoms with Crippen LogP contribution in [0.25, 0.3) is 0 Å². The van der Waals surface area contributed by atoms with E-state index in [1.54, 1.807) is 38.1 Å². The van der Waals surface area contributed by atoms with Gasteiger partial charge in [0.05, 0.1) is 12.0 Å². The maximum atomic E-state index is 12.1. The van der Waals surface area contributed by atoms with E-state index in [1.807, 2.05) is 13.0 Å². The largest absolute Gasteiger partial charge is 0.507 e. The number of amides is 2. The number of phenols is 1. The van der Waals surface area contributed by atoms with Crippen molar-refractivity contribution in [1.82, 2.24) is 5.43 Å². The number of anilines is 1. The van der Waals surface area contributed by atoms with Gasteiger partial charge in [-0.1, -0.05) is 29.8 Å². The number of halogens is 1. The second-order valence-electron chi connectivity index (χ2n) is 5.95. The molecular formula is C19H20ClN3O3. The van der Waals surface area contributed by atoms with Crippen molar-refractivity contribution in [3.8, 4) is 5.75 Å². The summed E-state index contributed by atoms with van der Waals surface area (Å²) in [5, 5.41) is 17.1. The van der Waals surface area contributed by atoms with E-state index >= 15 is 0 Å². The summed E-state index contributed by atoms with van der Waals surface area (Å²) < 4.78 is 0. The molecule has 0 atom stereocenters. The summed E-state index contributed by atoms with van der Waals surface area (Å²) in [6, 6.07) is 10.1. The number of nitrogens with one attached hydrogen (secondary N) is 2. The van der Waals surface area contributed by atoms with E-state index in [0.29, 0.717) is 22.0 Å². The van der Waals surface area contributed by atoms with E-state index < -0.39 is 5.91 Å². The van der Waals surface area contributed by atoms with Crippen LogP contribution in [-0.2, 0) is 4.79 Å². The lowest BCUT2D eigenvalue weighted by Gasteiger charge is -2.08. The van der Waals surface area contributed by atoms with Gasteiger partial charge < -0.3 is 10.4 Å². The SMILES string of the molecule is C/C(CC(=O)Nc1ccc(C)c(Cl)c1)=N/NC(=O)c1cccc(C)c1O. The van der Waals surface area contributed by atoms with Crippen molar-refractivity contribution in [3.05, 3.63) is 58.1 Å². The fourth-order valence-electron chi connectivity index (χ4n) is 2.20. The van der Waals surface area contributed by atoms with Gasteiger partial charge in [0, 0.05) is 16.4 Å². The summed E-state index contributed by atoms with van der Waals surface area (Å²) in [6.45, 7) is 5.19. The molecule has 26 heavy (non-hydrogen) atoms. The monoisotopic (exact) mass is 373 g/mol. The molecule has 0 spiro atoms. The van der Waals surface area contributed by atoms with E-state index in [9.17, 15) is 14.7 Å². The highest BCUT2D eigenvalue weighted by atomic mass is 35.5. The van der Waals surface area contributed by atoms with Crippen LogP contribution in [0.15, 0.2) is 41.5 Å². The Morgan fingerprint density at radius 2 is 1.88 bits per heavy atom. The third kappa shape index (κ3) is 5.07. The molecule has 0 aliphatic heterocycles. The number of aryl methyl sites for hydroxylation is 2. The Kier molecular flexibility index (Phi) is 6.36. The molecule has 2 aromatic rings. The number of para-hydroxylation sites is 1. The van der Waals surface area contributed by atoms with Gasteiger partial charge in [0.2, 0.25) is 5.91 Å². The molecule has 0 unspecified atom stereocenters. The summed E-state index contributed by atoms with van der Waals surface area (Å²) in [5.41, 5.74) is 4.99. The molecule has 3 N–H and O–H groups in total. The molecule has 0 aromatic heterocycles. The molecule has 0 bridgehead atoms. The molecule has 2 amide bonds. The fourth-order valence-corrected chi connectivity index (χ4v) is 2.38. The molecular weight excluding hydrogens is 354 g/mol. The van der Waals surface area contributed by atoms with Crippen molar-refractivity contribution in [2.24, 2.45) is 5.10 Å². The van der Waals surface area contributed by atoms with Crippen molar-refractivity contribution < 1.29 is 14.7 Å². The van der Waals surface area contributed by atoms with Gasteiger partial charge in [-0.15, -0.1) is 0 Å². The van der Waals surface area contributed by atoms with Crippen LogP contribution in [0, 0.1) is 13.8 Å². The van der Waals surface area contributed by atoms with Crippen molar-refractivity contribution in [2.75, 3.05) is 5.32 Å². The quantitative estimate of drug-likeness (QED) is 0.550. The topological polar surface area (TPSA) is 90.8 Å². The Balaban J connectivity index is 1.94. The Morgan fingerprint density at radius 3 is 2.58 bits per heavy atom. The third-order valence-electron chi connectivity index (χ3n) is 3.70. The van der Waals surface area contributed by atoms with Crippen LogP contribution < -0.4 is 10.7 Å². The van der Waals surface area contributed by atoms with E-state index in [2.05, 4.69) is 15.8 Å². The average molecular weight is 374 g/mol. The summed E-state index contributed by atoms with van der Waals surface area (Å²) in [4.78, 5) is 24.1. The number of benzene rings is 2. The Hall–Kier alpha value is -2.86. The average Bonchev–Trinajstić information content (AvgIpc) is 2.58. The van der Waals surface area contributed by atoms with Gasteiger partial charge in [0.25, 0.3) is 5.91 Å². The lowest BCUT2D eigenvalue weighted by molar-refractivity contribution is -0.115. The highest BCUT2D eigenvalue weighted by Gasteiger charge is 2.12. The lowest BCUT2D eigenvalue weighted by atomic mass is 10.1. The Morgan fingerprint density at radius 1 is 1.15 bits per heavy atom. The van der Waals surface area contributed by atoms with Crippen LogP contribution in [0.4, 0.5) is 5.69 Å². The zero-order valence-corrected chi connectivity index (χ0v) is 15.5. The number of nitrogens with zero attached hydrogens (tertiary/aromatic N) is 1. The number of phenolic OH excluding ortho intramolecular Hbond substituents is 1. The number of hydrogen-bond acceptors (Lipinski definition) is 4. The predicted molar refractivity (Wildman–Crippen MR) is 103 cm³/mol. The maximum absolute atomic E-state index is 12.1. The zero-order valence-electron chi connectivity index (χ0n) is 14.8. The number of carbonyl (C=O) groups is 2.